The summed E-state index contributed by atoms with van der Waals surface area (Å²) in [4.78, 5) is 4.80. The summed E-state index contributed by atoms with van der Waals surface area (Å²) in [6.07, 6.45) is 2.59. The topological polar surface area (TPSA) is 43.0 Å². The number of hydrogen-bond donors (Lipinski definition) is 1. The molecule has 0 aliphatic heterocycles. The Kier molecular flexibility index (Phi) is 3.80. The van der Waals surface area contributed by atoms with E-state index < -0.39 is 0 Å². The van der Waals surface area contributed by atoms with Crippen LogP contribution in [0.15, 0.2) is 41.0 Å². The van der Waals surface area contributed by atoms with E-state index in [1.54, 1.807) is 6.26 Å². The summed E-state index contributed by atoms with van der Waals surface area (Å²) < 4.78 is 7.72. The Morgan fingerprint density at radius 1 is 1.29 bits per heavy atom. The number of fused-ring (bicyclic) bond motifs is 1. The molecule has 110 valence electrons. The van der Waals surface area contributed by atoms with Crippen LogP contribution in [0.4, 0.5) is 0 Å². The SMILES string of the molecule is CCn1c(CC(NC)c2ccoc2C)nc2ccccc21. The van der Waals surface area contributed by atoms with Crippen LogP contribution in [0.3, 0.4) is 0 Å². The van der Waals surface area contributed by atoms with Crippen molar-refractivity contribution < 1.29 is 4.42 Å². The summed E-state index contributed by atoms with van der Waals surface area (Å²) >= 11 is 0. The van der Waals surface area contributed by atoms with Gasteiger partial charge in [0.2, 0.25) is 0 Å². The third-order valence-electron chi connectivity index (χ3n) is 4.06. The Hall–Kier alpha value is -2.07. The van der Waals surface area contributed by atoms with Gasteiger partial charge in [0, 0.05) is 24.6 Å². The van der Waals surface area contributed by atoms with Crippen LogP contribution in [0.25, 0.3) is 11.0 Å². The third-order valence-corrected chi connectivity index (χ3v) is 4.06. The number of furan rings is 1. The van der Waals surface area contributed by atoms with Crippen LogP contribution >= 0.6 is 0 Å². The molecule has 4 heteroatoms. The number of rotatable bonds is 5. The van der Waals surface area contributed by atoms with Gasteiger partial charge >= 0.3 is 0 Å². The highest BCUT2D eigenvalue weighted by Crippen LogP contribution is 2.24. The van der Waals surface area contributed by atoms with Gasteiger partial charge in [-0.1, -0.05) is 12.1 Å². The van der Waals surface area contributed by atoms with Crippen LogP contribution < -0.4 is 5.32 Å². The van der Waals surface area contributed by atoms with Gasteiger partial charge < -0.3 is 14.3 Å². The average molecular weight is 283 g/mol. The van der Waals surface area contributed by atoms with E-state index >= 15 is 0 Å². The number of hydrogen-bond acceptors (Lipinski definition) is 3. The van der Waals surface area contributed by atoms with Crippen LogP contribution in [0.1, 0.15) is 30.1 Å². The summed E-state index contributed by atoms with van der Waals surface area (Å²) in [5.74, 6) is 2.08. The molecule has 0 aliphatic rings. The molecule has 1 N–H and O–H groups in total. The van der Waals surface area contributed by atoms with E-state index in [1.165, 1.54) is 11.1 Å². The van der Waals surface area contributed by atoms with E-state index in [2.05, 4.69) is 35.0 Å². The number of benzene rings is 1. The number of imidazole rings is 1. The minimum atomic E-state index is 0.214. The summed E-state index contributed by atoms with van der Waals surface area (Å²) in [7, 11) is 1.98. The summed E-state index contributed by atoms with van der Waals surface area (Å²) in [5, 5.41) is 3.38. The number of nitrogens with zero attached hydrogens (tertiary/aromatic N) is 2. The maximum atomic E-state index is 5.43. The molecule has 0 aliphatic carbocycles. The molecule has 3 aromatic rings. The molecule has 1 atom stereocenters. The van der Waals surface area contributed by atoms with Gasteiger partial charge in [-0.15, -0.1) is 0 Å². The first-order valence-corrected chi connectivity index (χ1v) is 7.40. The lowest BCUT2D eigenvalue weighted by atomic mass is 10.0. The van der Waals surface area contributed by atoms with Gasteiger partial charge in [-0.3, -0.25) is 0 Å². The molecule has 1 aromatic carbocycles. The lowest BCUT2D eigenvalue weighted by Crippen LogP contribution is -2.21. The summed E-state index contributed by atoms with van der Waals surface area (Å²) in [6.45, 7) is 5.09. The van der Waals surface area contributed by atoms with Crippen LogP contribution in [0.2, 0.25) is 0 Å². The van der Waals surface area contributed by atoms with Crippen molar-refractivity contribution in [1.82, 2.24) is 14.9 Å². The van der Waals surface area contributed by atoms with Crippen molar-refractivity contribution in [2.75, 3.05) is 7.05 Å². The van der Waals surface area contributed by atoms with Crippen LogP contribution in [0, 0.1) is 6.92 Å². The van der Waals surface area contributed by atoms with Crippen molar-refractivity contribution in [3.8, 4) is 0 Å². The van der Waals surface area contributed by atoms with Gasteiger partial charge in [0.1, 0.15) is 11.6 Å². The first-order valence-electron chi connectivity index (χ1n) is 7.40. The first kappa shape index (κ1) is 13.9. The van der Waals surface area contributed by atoms with E-state index in [0.717, 1.165) is 30.1 Å². The highest BCUT2D eigenvalue weighted by atomic mass is 16.3. The number of likely N-dealkylation sites (N-methyl/N-ethyl adjacent to an activating group) is 1. The quantitative estimate of drug-likeness (QED) is 0.779. The van der Waals surface area contributed by atoms with E-state index in [4.69, 9.17) is 9.40 Å². The zero-order valence-corrected chi connectivity index (χ0v) is 12.8. The molecule has 3 rings (SSSR count). The molecule has 2 heterocycles. The van der Waals surface area contributed by atoms with Crippen LogP contribution in [-0.2, 0) is 13.0 Å². The second-order valence-electron chi connectivity index (χ2n) is 5.24. The molecule has 0 radical (unpaired) electrons. The lowest BCUT2D eigenvalue weighted by Gasteiger charge is -2.16. The lowest BCUT2D eigenvalue weighted by molar-refractivity contribution is 0.505. The number of aryl methyl sites for hydroxylation is 2. The zero-order valence-electron chi connectivity index (χ0n) is 12.8. The first-order chi connectivity index (χ1) is 10.2. The Balaban J connectivity index is 1.98. The second kappa shape index (κ2) is 5.74. The molecule has 0 saturated heterocycles. The number of nitrogens with one attached hydrogen (secondary N) is 1. The largest absolute Gasteiger partial charge is 0.469 e. The van der Waals surface area contributed by atoms with Crippen molar-refractivity contribution in [3.05, 3.63) is 53.7 Å². The fourth-order valence-corrected chi connectivity index (χ4v) is 2.94. The predicted octanol–water partition coefficient (Wildman–Crippen LogP) is 3.46. The van der Waals surface area contributed by atoms with Gasteiger partial charge in [0.25, 0.3) is 0 Å². The van der Waals surface area contributed by atoms with E-state index in [1.807, 2.05) is 26.1 Å². The molecule has 0 saturated carbocycles. The average Bonchev–Trinajstić information content (AvgIpc) is 3.07. The Morgan fingerprint density at radius 3 is 2.76 bits per heavy atom. The highest BCUT2D eigenvalue weighted by molar-refractivity contribution is 5.75. The van der Waals surface area contributed by atoms with Crippen molar-refractivity contribution >= 4 is 11.0 Å². The van der Waals surface area contributed by atoms with Gasteiger partial charge in [-0.25, -0.2) is 4.98 Å². The molecule has 21 heavy (non-hydrogen) atoms. The van der Waals surface area contributed by atoms with Crippen molar-refractivity contribution in [2.45, 2.75) is 32.9 Å². The highest BCUT2D eigenvalue weighted by Gasteiger charge is 2.18. The van der Waals surface area contributed by atoms with Crippen LogP contribution in [-0.4, -0.2) is 16.6 Å². The Morgan fingerprint density at radius 2 is 2.10 bits per heavy atom. The molecule has 0 amide bonds. The maximum Gasteiger partial charge on any atom is 0.111 e. The smallest absolute Gasteiger partial charge is 0.111 e. The number of para-hydroxylation sites is 2. The zero-order chi connectivity index (χ0) is 14.8. The van der Waals surface area contributed by atoms with Crippen molar-refractivity contribution in [3.63, 3.8) is 0 Å². The molecule has 0 bridgehead atoms. The summed E-state index contributed by atoms with van der Waals surface area (Å²) in [6, 6.07) is 10.6. The van der Waals surface area contributed by atoms with E-state index in [9.17, 15) is 0 Å². The van der Waals surface area contributed by atoms with Crippen molar-refractivity contribution in [2.24, 2.45) is 0 Å². The molecular weight excluding hydrogens is 262 g/mol. The molecule has 4 nitrogen and oxygen atoms in total. The van der Waals surface area contributed by atoms with Gasteiger partial charge in [0.15, 0.2) is 0 Å². The van der Waals surface area contributed by atoms with Gasteiger partial charge in [0.05, 0.1) is 17.3 Å². The Labute approximate surface area is 124 Å². The molecule has 1 unspecified atom stereocenters. The summed E-state index contributed by atoms with van der Waals surface area (Å²) in [5.41, 5.74) is 3.47. The fourth-order valence-electron chi connectivity index (χ4n) is 2.94. The predicted molar refractivity (Wildman–Crippen MR) is 84.4 cm³/mol. The monoisotopic (exact) mass is 283 g/mol. The van der Waals surface area contributed by atoms with Gasteiger partial charge in [-0.05, 0) is 39.1 Å². The minimum absolute atomic E-state index is 0.214. The van der Waals surface area contributed by atoms with Gasteiger partial charge in [-0.2, -0.15) is 0 Å². The number of aromatic nitrogens is 2. The van der Waals surface area contributed by atoms with E-state index in [0.29, 0.717) is 0 Å². The standard InChI is InChI=1S/C17H21N3O/c1-4-20-16-8-6-5-7-14(16)19-17(20)11-15(18-3)13-9-10-21-12(13)2/h5-10,15,18H,4,11H2,1-3H3. The molecule has 0 spiro atoms. The fraction of sp³-hybridized carbons (Fsp3) is 0.353. The normalized spacial score (nSPS) is 12.9. The van der Waals surface area contributed by atoms with E-state index in [-0.39, 0.29) is 6.04 Å². The minimum Gasteiger partial charge on any atom is -0.469 e. The molecule has 2 aromatic heterocycles. The molecule has 0 fully saturated rings. The third kappa shape index (κ3) is 2.47. The molecular formula is C17H21N3O. The Bertz CT molecular complexity index is 741. The van der Waals surface area contributed by atoms with Crippen LogP contribution in [0.5, 0.6) is 0 Å². The maximum absolute atomic E-state index is 5.43. The second-order valence-corrected chi connectivity index (χ2v) is 5.24. The van der Waals surface area contributed by atoms with Crippen molar-refractivity contribution in [1.29, 1.82) is 0 Å².